The number of aromatic hydroxyl groups is 1. The summed E-state index contributed by atoms with van der Waals surface area (Å²) >= 11 is 0. The highest BCUT2D eigenvalue weighted by molar-refractivity contribution is 5.92. The first-order chi connectivity index (χ1) is 20.0. The number of hydrogen-bond acceptors (Lipinski definition) is 6. The molecule has 2 fully saturated rings. The summed E-state index contributed by atoms with van der Waals surface area (Å²) in [4.78, 5) is 31.7. The van der Waals surface area contributed by atoms with Crippen LogP contribution < -0.4 is 15.2 Å². The average Bonchev–Trinajstić information content (AvgIpc) is 3.53. The number of ether oxygens (including phenoxy) is 1. The summed E-state index contributed by atoms with van der Waals surface area (Å²) in [7, 11) is 0. The highest BCUT2D eigenvalue weighted by Crippen LogP contribution is 2.51. The van der Waals surface area contributed by atoms with E-state index in [1.165, 1.54) is 11.1 Å². The fourth-order valence-corrected chi connectivity index (χ4v) is 6.75. The number of carboxylic acid groups (broad SMARTS) is 1. The van der Waals surface area contributed by atoms with Crippen LogP contribution in [0.15, 0.2) is 83.7 Å². The lowest BCUT2D eigenvalue weighted by Crippen LogP contribution is -2.34. The van der Waals surface area contributed by atoms with Crippen LogP contribution in [0.3, 0.4) is 0 Å². The number of nitrogens with one attached hydrogen (secondary N) is 1. The highest BCUT2D eigenvalue weighted by atomic mass is 16.5. The molecule has 0 spiro atoms. The fourth-order valence-electron chi connectivity index (χ4n) is 6.75. The van der Waals surface area contributed by atoms with Gasteiger partial charge in [-0.25, -0.2) is 4.79 Å². The second-order valence-corrected chi connectivity index (χ2v) is 11.2. The summed E-state index contributed by atoms with van der Waals surface area (Å²) in [5, 5.41) is 20.0. The van der Waals surface area contributed by atoms with E-state index >= 15 is 0 Å². The minimum Gasteiger partial charge on any atom is -0.506 e. The Morgan fingerprint density at radius 1 is 0.951 bits per heavy atom. The van der Waals surface area contributed by atoms with Crippen LogP contribution in [0.2, 0.25) is 0 Å². The summed E-state index contributed by atoms with van der Waals surface area (Å²) in [6.45, 7) is 4.04. The molecule has 4 aromatic rings. The summed E-state index contributed by atoms with van der Waals surface area (Å²) < 4.78 is 6.04. The second-order valence-electron chi connectivity index (χ2n) is 11.2. The first-order valence-electron chi connectivity index (χ1n) is 14.0. The first-order valence-corrected chi connectivity index (χ1v) is 14.0. The van der Waals surface area contributed by atoms with Crippen LogP contribution >= 0.6 is 0 Å². The van der Waals surface area contributed by atoms with Crippen LogP contribution in [0.25, 0.3) is 11.3 Å². The van der Waals surface area contributed by atoms with Crippen molar-refractivity contribution in [1.29, 1.82) is 0 Å². The Bertz CT molecular complexity index is 1620. The van der Waals surface area contributed by atoms with Gasteiger partial charge < -0.3 is 24.8 Å². The van der Waals surface area contributed by atoms with Crippen molar-refractivity contribution < 1.29 is 19.7 Å². The third-order valence-corrected chi connectivity index (χ3v) is 8.74. The van der Waals surface area contributed by atoms with Gasteiger partial charge in [0.1, 0.15) is 11.5 Å². The molecule has 3 heterocycles. The van der Waals surface area contributed by atoms with Gasteiger partial charge in [0, 0.05) is 61.5 Å². The van der Waals surface area contributed by atoms with Crippen molar-refractivity contribution in [3.8, 4) is 22.8 Å². The van der Waals surface area contributed by atoms with E-state index in [2.05, 4.69) is 75.4 Å². The number of aromatic amines is 1. The zero-order valence-corrected chi connectivity index (χ0v) is 22.5. The number of carbonyl (C=O) groups is 1. The Morgan fingerprint density at radius 2 is 1.59 bits per heavy atom. The number of carboxylic acids is 1. The third kappa shape index (κ3) is 4.64. The summed E-state index contributed by atoms with van der Waals surface area (Å²) in [6.07, 6.45) is 0.288. The molecule has 0 amide bonds. The minimum atomic E-state index is -1.45. The van der Waals surface area contributed by atoms with E-state index in [0.29, 0.717) is 40.4 Å². The maximum absolute atomic E-state index is 12.5. The van der Waals surface area contributed by atoms with Crippen LogP contribution in [0, 0.1) is 11.8 Å². The Balaban J connectivity index is 1.11. The molecule has 0 bridgehead atoms. The fraction of sp³-hybridized carbons (Fsp3) is 0.273. The van der Waals surface area contributed by atoms with Crippen LogP contribution in [0.4, 0.5) is 5.69 Å². The molecule has 7 rings (SSSR count). The van der Waals surface area contributed by atoms with E-state index in [1.54, 1.807) is 0 Å². The second kappa shape index (κ2) is 10.1. The largest absolute Gasteiger partial charge is 0.506 e. The molecule has 8 nitrogen and oxygen atoms in total. The number of nitrogens with zero attached hydrogens (tertiary/aromatic N) is 2. The number of rotatable bonds is 7. The van der Waals surface area contributed by atoms with Gasteiger partial charge >= 0.3 is 5.97 Å². The maximum atomic E-state index is 12.5. The van der Waals surface area contributed by atoms with Crippen molar-refractivity contribution in [2.45, 2.75) is 25.6 Å². The van der Waals surface area contributed by atoms with Crippen molar-refractivity contribution in [2.75, 3.05) is 24.6 Å². The lowest BCUT2D eigenvalue weighted by Gasteiger charge is -2.29. The van der Waals surface area contributed by atoms with Gasteiger partial charge in [0.25, 0.3) is 5.56 Å². The van der Waals surface area contributed by atoms with Crippen LogP contribution in [0.1, 0.15) is 27.0 Å². The number of anilines is 1. The number of fused-ring (bicyclic) bond motifs is 4. The predicted octanol–water partition coefficient (Wildman–Crippen LogP) is 4.52. The Hall–Kier alpha value is -4.56. The minimum absolute atomic E-state index is 0.267. The van der Waals surface area contributed by atoms with E-state index < -0.39 is 22.8 Å². The molecule has 41 heavy (non-hydrogen) atoms. The molecule has 1 saturated heterocycles. The molecule has 8 heteroatoms. The van der Waals surface area contributed by atoms with Gasteiger partial charge in [-0.15, -0.1) is 0 Å². The van der Waals surface area contributed by atoms with Crippen molar-refractivity contribution in [1.82, 2.24) is 9.88 Å². The van der Waals surface area contributed by atoms with Gasteiger partial charge in [-0.2, -0.15) is 0 Å². The van der Waals surface area contributed by atoms with Gasteiger partial charge in [0.05, 0.1) is 12.3 Å². The van der Waals surface area contributed by atoms with Gasteiger partial charge in [0.15, 0.2) is 5.56 Å². The topological polar surface area (TPSA) is 106 Å². The molecule has 3 N–H and O–H groups in total. The number of hydrogen-bond donors (Lipinski definition) is 3. The van der Waals surface area contributed by atoms with Gasteiger partial charge in [-0.3, -0.25) is 9.69 Å². The van der Waals surface area contributed by atoms with E-state index in [0.717, 1.165) is 31.9 Å². The predicted molar refractivity (Wildman–Crippen MR) is 155 cm³/mol. The van der Waals surface area contributed by atoms with Crippen molar-refractivity contribution >= 4 is 11.7 Å². The van der Waals surface area contributed by atoms with Crippen molar-refractivity contribution in [3.05, 3.63) is 111 Å². The van der Waals surface area contributed by atoms with Crippen LogP contribution in [0.5, 0.6) is 11.5 Å². The molecule has 0 radical (unpaired) electrons. The molecule has 3 atom stereocenters. The van der Waals surface area contributed by atoms with E-state index in [9.17, 15) is 19.8 Å². The van der Waals surface area contributed by atoms with E-state index in [1.807, 2.05) is 18.2 Å². The molecular formula is C33H31N3O5. The summed E-state index contributed by atoms with van der Waals surface area (Å²) in [5.41, 5.74) is 3.69. The molecule has 1 saturated carbocycles. The molecule has 1 aliphatic carbocycles. The Labute approximate surface area is 237 Å². The average molecular weight is 550 g/mol. The number of benzene rings is 3. The van der Waals surface area contributed by atoms with E-state index in [-0.39, 0.29) is 13.0 Å². The molecule has 1 aromatic heterocycles. The number of H-pyrrole nitrogens is 1. The lowest BCUT2D eigenvalue weighted by molar-refractivity contribution is 0.0691. The molecule has 1 unspecified atom stereocenters. The Morgan fingerprint density at radius 3 is 2.20 bits per heavy atom. The zero-order chi connectivity index (χ0) is 28.1. The quantitative estimate of drug-likeness (QED) is 0.311. The van der Waals surface area contributed by atoms with E-state index in [4.69, 9.17) is 4.74 Å². The van der Waals surface area contributed by atoms with Gasteiger partial charge in [-0.05, 0) is 35.1 Å². The summed E-state index contributed by atoms with van der Waals surface area (Å²) in [5.74, 6) is -0.148. The maximum Gasteiger partial charge on any atom is 0.345 e. The highest BCUT2D eigenvalue weighted by Gasteiger charge is 2.58. The normalized spacial score (nSPS) is 20.5. The number of piperidine rings is 1. The van der Waals surface area contributed by atoms with Crippen molar-refractivity contribution in [2.24, 2.45) is 11.8 Å². The zero-order valence-electron chi connectivity index (χ0n) is 22.5. The summed E-state index contributed by atoms with van der Waals surface area (Å²) in [6, 6.07) is 27.8. The number of aromatic nitrogens is 1. The molecule has 2 aliphatic heterocycles. The molecule has 3 aromatic carbocycles. The number of aromatic carboxylic acids is 1. The third-order valence-electron chi connectivity index (χ3n) is 8.74. The van der Waals surface area contributed by atoms with Gasteiger partial charge in [-0.1, -0.05) is 60.7 Å². The number of pyridine rings is 1. The van der Waals surface area contributed by atoms with Gasteiger partial charge in [0.2, 0.25) is 0 Å². The monoisotopic (exact) mass is 549 g/mol. The van der Waals surface area contributed by atoms with Crippen molar-refractivity contribution in [3.63, 3.8) is 0 Å². The van der Waals surface area contributed by atoms with Crippen LogP contribution in [-0.2, 0) is 19.5 Å². The molecular weight excluding hydrogens is 518 g/mol. The lowest BCUT2D eigenvalue weighted by atomic mass is 10.00. The first kappa shape index (κ1) is 25.4. The standard InChI is InChI=1S/C33H31N3O5/c37-31-24-13-14-41-27-15-22(11-12-23(27)29(24)34-32(38)28(31)33(39)40)35-18-25-26(19-35)30(25)36(16-20-7-3-1-4-8-20)17-21-9-5-2-6-10-21/h1-12,15,25-26,30H,13-14,16-19H2,(H,39,40)(H2,34,37,38)/t25-,26+,30?. The SMILES string of the molecule is O=C(O)c1c(O)c2c([nH]c1=O)-c1ccc(N3C[C@@H]4C(N(Cc5ccccc5)Cc5ccccc5)[C@@H]4C3)cc1OCC2. The molecule has 3 aliphatic rings. The Kier molecular flexibility index (Phi) is 6.27. The molecule has 208 valence electrons. The smallest absolute Gasteiger partial charge is 0.345 e. The van der Waals surface area contributed by atoms with Crippen LogP contribution in [-0.4, -0.2) is 51.8 Å².